The van der Waals surface area contributed by atoms with Gasteiger partial charge in [0.1, 0.15) is 17.3 Å². The molecule has 1 saturated heterocycles. The molecule has 2 aliphatic heterocycles. The Labute approximate surface area is 203 Å². The fourth-order valence-electron chi connectivity index (χ4n) is 4.44. The number of rotatable bonds is 4. The van der Waals surface area contributed by atoms with Gasteiger partial charge in [0, 0.05) is 52.0 Å². The van der Waals surface area contributed by atoms with Crippen LogP contribution >= 0.6 is 0 Å². The fraction of sp³-hybridized carbons (Fsp3) is 0.320. The monoisotopic (exact) mass is 477 g/mol. The van der Waals surface area contributed by atoms with Gasteiger partial charge in [-0.1, -0.05) is 0 Å². The van der Waals surface area contributed by atoms with Crippen LogP contribution in [0.1, 0.15) is 10.4 Å². The van der Waals surface area contributed by atoms with Crippen molar-refractivity contribution in [3.05, 3.63) is 54.0 Å². The maximum Gasteiger partial charge on any atom is 0.260 e. The van der Waals surface area contributed by atoms with E-state index in [1.807, 2.05) is 12.1 Å². The van der Waals surface area contributed by atoms with E-state index < -0.39 is 5.82 Å². The van der Waals surface area contributed by atoms with Crippen LogP contribution in [0, 0.1) is 5.82 Å². The number of amides is 1. The lowest BCUT2D eigenvalue weighted by Gasteiger charge is -2.34. The zero-order chi connectivity index (χ0) is 24.7. The van der Waals surface area contributed by atoms with Crippen LogP contribution < -0.4 is 24.8 Å². The molecule has 5 rings (SSSR count). The van der Waals surface area contributed by atoms with Gasteiger partial charge in [-0.3, -0.25) is 4.79 Å². The zero-order valence-corrected chi connectivity index (χ0v) is 20.2. The van der Waals surface area contributed by atoms with Crippen molar-refractivity contribution in [1.82, 2.24) is 14.9 Å². The fourth-order valence-corrected chi connectivity index (χ4v) is 4.44. The predicted molar refractivity (Wildman–Crippen MR) is 135 cm³/mol. The van der Waals surface area contributed by atoms with Crippen molar-refractivity contribution < 1.29 is 13.9 Å². The minimum atomic E-state index is -0.424. The summed E-state index contributed by atoms with van der Waals surface area (Å²) < 4.78 is 19.7. The quantitative estimate of drug-likeness (QED) is 0.612. The van der Waals surface area contributed by atoms with E-state index in [9.17, 15) is 9.18 Å². The first-order valence-corrected chi connectivity index (χ1v) is 11.4. The van der Waals surface area contributed by atoms with E-state index in [1.165, 1.54) is 23.1 Å². The molecule has 9 nitrogen and oxygen atoms in total. The molecule has 0 radical (unpaired) electrons. The highest BCUT2D eigenvalue weighted by atomic mass is 19.1. The zero-order valence-electron chi connectivity index (χ0n) is 20.2. The number of benzene rings is 2. The lowest BCUT2D eigenvalue weighted by molar-refractivity contribution is 0.0994. The molecule has 0 bridgehead atoms. The molecule has 0 saturated carbocycles. The summed E-state index contributed by atoms with van der Waals surface area (Å²) in [6, 6.07) is 10.1. The van der Waals surface area contributed by atoms with Crippen LogP contribution in [0.2, 0.25) is 0 Å². The summed E-state index contributed by atoms with van der Waals surface area (Å²) in [5.41, 5.74) is 3.18. The van der Waals surface area contributed by atoms with Gasteiger partial charge in [0.15, 0.2) is 5.82 Å². The van der Waals surface area contributed by atoms with Gasteiger partial charge < -0.3 is 29.7 Å². The van der Waals surface area contributed by atoms with Gasteiger partial charge in [-0.05, 0) is 37.4 Å². The van der Waals surface area contributed by atoms with Crippen molar-refractivity contribution in [2.24, 2.45) is 0 Å². The summed E-state index contributed by atoms with van der Waals surface area (Å²) in [4.78, 5) is 29.9. The standard InChI is InChI=1S/C25H28FN7O2/c1-30-9-11-33(12-10-30)17-6-8-19(22(14-17)35-4)28-25-27-15-21-23(29-25)31(2)20-13-16(26)5-7-18(20)24(34)32(21)3/h5-8,13-15H,9-12H2,1-4H3,(H,27,28,29). The van der Waals surface area contributed by atoms with E-state index in [-0.39, 0.29) is 5.91 Å². The number of piperazine rings is 1. The molecule has 0 aliphatic carbocycles. The average molecular weight is 478 g/mol. The molecular formula is C25H28FN7O2. The van der Waals surface area contributed by atoms with Gasteiger partial charge in [-0.2, -0.15) is 4.98 Å². The summed E-state index contributed by atoms with van der Waals surface area (Å²) in [7, 11) is 7.17. The van der Waals surface area contributed by atoms with Crippen molar-refractivity contribution in [2.75, 3.05) is 74.4 Å². The molecule has 3 heterocycles. The van der Waals surface area contributed by atoms with Crippen LogP contribution in [-0.2, 0) is 0 Å². The van der Waals surface area contributed by atoms with Crippen LogP contribution in [0.25, 0.3) is 0 Å². The number of anilines is 6. The number of aromatic nitrogens is 2. The molecular weight excluding hydrogens is 449 g/mol. The van der Waals surface area contributed by atoms with Gasteiger partial charge >= 0.3 is 0 Å². The van der Waals surface area contributed by atoms with Gasteiger partial charge in [0.2, 0.25) is 5.95 Å². The highest BCUT2D eigenvalue weighted by Crippen LogP contribution is 2.39. The Kier molecular flexibility index (Phi) is 5.89. The lowest BCUT2D eigenvalue weighted by atomic mass is 10.1. The normalized spacial score (nSPS) is 16.0. The third-order valence-corrected chi connectivity index (χ3v) is 6.59. The lowest BCUT2D eigenvalue weighted by Crippen LogP contribution is -2.44. The molecule has 1 amide bonds. The second-order valence-electron chi connectivity index (χ2n) is 8.79. The SMILES string of the molecule is COc1cc(N2CCN(C)CC2)ccc1Nc1ncc2c(n1)N(C)c1cc(F)ccc1C(=O)N2C. The number of nitrogens with zero attached hydrogens (tertiary/aromatic N) is 6. The van der Waals surface area contributed by atoms with Gasteiger partial charge in [0.25, 0.3) is 5.91 Å². The van der Waals surface area contributed by atoms with Crippen molar-refractivity contribution in [2.45, 2.75) is 0 Å². The Morgan fingerprint density at radius 1 is 0.971 bits per heavy atom. The first kappa shape index (κ1) is 22.9. The van der Waals surface area contributed by atoms with Crippen molar-refractivity contribution in [3.8, 4) is 5.75 Å². The molecule has 3 aromatic rings. The molecule has 0 unspecified atom stereocenters. The summed E-state index contributed by atoms with van der Waals surface area (Å²) in [6.45, 7) is 3.95. The van der Waals surface area contributed by atoms with E-state index in [4.69, 9.17) is 4.74 Å². The number of carbonyl (C=O) groups excluding carboxylic acids is 1. The summed E-state index contributed by atoms with van der Waals surface area (Å²) >= 11 is 0. The number of likely N-dealkylation sites (N-methyl/N-ethyl adjacent to an activating group) is 1. The van der Waals surface area contributed by atoms with Crippen LogP contribution in [0.3, 0.4) is 0 Å². The van der Waals surface area contributed by atoms with E-state index in [1.54, 1.807) is 32.3 Å². The second kappa shape index (κ2) is 9.03. The van der Waals surface area contributed by atoms with Crippen LogP contribution in [-0.4, -0.2) is 75.2 Å². The van der Waals surface area contributed by atoms with E-state index in [2.05, 4.69) is 38.2 Å². The highest BCUT2D eigenvalue weighted by molar-refractivity contribution is 6.13. The van der Waals surface area contributed by atoms with E-state index in [0.717, 1.165) is 37.6 Å². The third-order valence-electron chi connectivity index (χ3n) is 6.59. The number of nitrogens with one attached hydrogen (secondary N) is 1. The van der Waals surface area contributed by atoms with Crippen LogP contribution in [0.4, 0.5) is 38.9 Å². The molecule has 2 aliphatic rings. The van der Waals surface area contributed by atoms with Crippen molar-refractivity contribution in [3.63, 3.8) is 0 Å². The number of ether oxygens (including phenoxy) is 1. The number of fused-ring (bicyclic) bond motifs is 2. The minimum Gasteiger partial charge on any atom is -0.494 e. The smallest absolute Gasteiger partial charge is 0.260 e. The number of hydrogen-bond acceptors (Lipinski definition) is 8. The Bertz CT molecular complexity index is 1280. The Hall–Kier alpha value is -3.92. The number of carbonyl (C=O) groups is 1. The van der Waals surface area contributed by atoms with Crippen LogP contribution in [0.5, 0.6) is 5.75 Å². The Morgan fingerprint density at radius 2 is 1.74 bits per heavy atom. The van der Waals surface area contributed by atoms with Gasteiger partial charge in [-0.15, -0.1) is 0 Å². The maximum atomic E-state index is 14.0. The maximum absolute atomic E-state index is 14.0. The molecule has 1 aromatic heterocycles. The van der Waals surface area contributed by atoms with Gasteiger partial charge in [-0.25, -0.2) is 9.37 Å². The molecule has 10 heteroatoms. The predicted octanol–water partition coefficient (Wildman–Crippen LogP) is 3.48. The molecule has 182 valence electrons. The number of hydrogen-bond donors (Lipinski definition) is 1. The first-order valence-electron chi connectivity index (χ1n) is 11.4. The largest absolute Gasteiger partial charge is 0.494 e. The number of halogens is 1. The molecule has 0 atom stereocenters. The van der Waals surface area contributed by atoms with Gasteiger partial charge in [0.05, 0.1) is 30.2 Å². The van der Waals surface area contributed by atoms with E-state index in [0.29, 0.717) is 34.5 Å². The molecule has 35 heavy (non-hydrogen) atoms. The summed E-state index contributed by atoms with van der Waals surface area (Å²) in [6.07, 6.45) is 1.59. The molecule has 1 fully saturated rings. The van der Waals surface area contributed by atoms with Crippen LogP contribution in [0.15, 0.2) is 42.6 Å². The van der Waals surface area contributed by atoms with Crippen molar-refractivity contribution in [1.29, 1.82) is 0 Å². The molecule has 2 aromatic carbocycles. The van der Waals surface area contributed by atoms with E-state index >= 15 is 0 Å². The number of methoxy groups -OCH3 is 1. The summed E-state index contributed by atoms with van der Waals surface area (Å²) in [5.74, 6) is 0.814. The Morgan fingerprint density at radius 3 is 2.49 bits per heavy atom. The second-order valence-corrected chi connectivity index (χ2v) is 8.79. The average Bonchev–Trinajstić information content (AvgIpc) is 2.94. The minimum absolute atomic E-state index is 0.254. The summed E-state index contributed by atoms with van der Waals surface area (Å²) in [5, 5.41) is 3.23. The Balaban J connectivity index is 1.46. The molecule has 0 spiro atoms. The third kappa shape index (κ3) is 4.21. The topological polar surface area (TPSA) is 77.1 Å². The molecule has 1 N–H and O–H groups in total. The van der Waals surface area contributed by atoms with Crippen molar-refractivity contribution >= 4 is 40.4 Å². The highest BCUT2D eigenvalue weighted by Gasteiger charge is 2.29. The first-order chi connectivity index (χ1) is 16.9.